The minimum absolute atomic E-state index is 0. The van der Waals surface area contributed by atoms with E-state index in [2.05, 4.69) is 26.2 Å². The fraction of sp³-hybridized carbons (Fsp3) is 0.280. The molecule has 0 aliphatic carbocycles. The van der Waals surface area contributed by atoms with Gasteiger partial charge in [0, 0.05) is 35.9 Å². The van der Waals surface area contributed by atoms with E-state index in [0.717, 1.165) is 28.8 Å². The number of hydrogen-bond donors (Lipinski definition) is 3. The van der Waals surface area contributed by atoms with Crippen molar-refractivity contribution >= 4 is 34.2 Å². The van der Waals surface area contributed by atoms with Gasteiger partial charge in [0.05, 0.1) is 5.54 Å². The molecule has 6 nitrogen and oxygen atoms in total. The average molecular weight is 571 g/mol. The number of hydrogen-bond acceptors (Lipinski definition) is 4. The summed E-state index contributed by atoms with van der Waals surface area (Å²) in [7, 11) is 0. The molecule has 188 valence electrons. The molecule has 1 heterocycles. The van der Waals surface area contributed by atoms with Crippen molar-refractivity contribution in [3.05, 3.63) is 96.9 Å². The van der Waals surface area contributed by atoms with Gasteiger partial charge in [-0.25, -0.2) is 8.78 Å². The third-order valence-corrected chi connectivity index (χ3v) is 5.98. The number of nitrogens with two attached hydrogens (primary N) is 1. The molecule has 0 saturated carbocycles. The van der Waals surface area contributed by atoms with Crippen molar-refractivity contribution in [1.82, 2.24) is 10.3 Å². The van der Waals surface area contributed by atoms with Gasteiger partial charge >= 0.3 is 0 Å². The Kier molecular flexibility index (Phi) is 9.60. The molecule has 0 aliphatic heterocycles. The third-order valence-electron chi connectivity index (χ3n) is 5.26. The number of H-pyrrole nitrogens is 1. The molecule has 1 aromatic heterocycles. The second-order valence-corrected chi connectivity index (χ2v) is 9.42. The number of aromatic amines is 1. The Morgan fingerprint density at radius 1 is 1.14 bits per heavy atom. The summed E-state index contributed by atoms with van der Waals surface area (Å²) in [6.07, 6.45) is 0.435. The van der Waals surface area contributed by atoms with E-state index in [1.807, 2.05) is 24.3 Å². The van der Waals surface area contributed by atoms with Gasteiger partial charge in [-0.15, -0.1) is 12.4 Å². The van der Waals surface area contributed by atoms with Gasteiger partial charge in [-0.1, -0.05) is 24.3 Å². The molecule has 2 aromatic carbocycles. The first-order valence-corrected chi connectivity index (χ1v) is 11.4. The number of halogens is 4. The summed E-state index contributed by atoms with van der Waals surface area (Å²) < 4.78 is 33.3. The maximum absolute atomic E-state index is 14.0. The molecular formula is C25H27BrClF2N3O3. The molecule has 0 saturated heterocycles. The number of carbonyl (C=O) groups is 1. The summed E-state index contributed by atoms with van der Waals surface area (Å²) in [5, 5.41) is 2.80. The number of amides is 1. The summed E-state index contributed by atoms with van der Waals surface area (Å²) in [6, 6.07) is 10.9. The Morgan fingerprint density at radius 2 is 1.77 bits per heavy atom. The minimum Gasteiger partial charge on any atom is -0.487 e. The molecule has 4 N–H and O–H groups in total. The van der Waals surface area contributed by atoms with Crippen molar-refractivity contribution < 1.29 is 18.3 Å². The Labute approximate surface area is 216 Å². The Bertz CT molecular complexity index is 1260. The molecule has 1 amide bonds. The lowest BCUT2D eigenvalue weighted by atomic mass is 10.0. The van der Waals surface area contributed by atoms with Gasteiger partial charge in [-0.2, -0.15) is 0 Å². The van der Waals surface area contributed by atoms with Crippen LogP contribution in [0.15, 0.2) is 51.7 Å². The Morgan fingerprint density at radius 3 is 2.37 bits per heavy atom. The molecule has 0 spiro atoms. The van der Waals surface area contributed by atoms with Crippen molar-refractivity contribution in [3.63, 3.8) is 0 Å². The van der Waals surface area contributed by atoms with Crippen LogP contribution in [0.4, 0.5) is 8.78 Å². The molecular weight excluding hydrogens is 544 g/mol. The highest BCUT2D eigenvalue weighted by molar-refractivity contribution is 9.10. The van der Waals surface area contributed by atoms with Crippen molar-refractivity contribution in [3.8, 4) is 5.75 Å². The smallest absolute Gasteiger partial charge is 0.266 e. The van der Waals surface area contributed by atoms with Gasteiger partial charge in [0.25, 0.3) is 5.56 Å². The zero-order valence-corrected chi connectivity index (χ0v) is 21.9. The van der Waals surface area contributed by atoms with E-state index in [1.165, 1.54) is 6.07 Å². The second kappa shape index (κ2) is 11.8. The molecule has 0 aliphatic rings. The second-order valence-electron chi connectivity index (χ2n) is 8.62. The number of rotatable bonds is 8. The lowest BCUT2D eigenvalue weighted by Crippen LogP contribution is -2.48. The Balaban J connectivity index is 0.00000432. The molecule has 35 heavy (non-hydrogen) atoms. The topological polar surface area (TPSA) is 97.2 Å². The lowest BCUT2D eigenvalue weighted by Gasteiger charge is -2.18. The first-order chi connectivity index (χ1) is 16.0. The number of aryl methyl sites for hydroxylation is 1. The molecule has 0 bridgehead atoms. The van der Waals surface area contributed by atoms with E-state index in [0.29, 0.717) is 24.4 Å². The van der Waals surface area contributed by atoms with Crippen LogP contribution < -0.4 is 21.3 Å². The zero-order chi connectivity index (χ0) is 25.0. The van der Waals surface area contributed by atoms with Crippen LogP contribution in [0.3, 0.4) is 0 Å². The van der Waals surface area contributed by atoms with Crippen LogP contribution in [0.5, 0.6) is 5.75 Å². The fourth-order valence-corrected chi connectivity index (χ4v) is 3.70. The molecule has 3 rings (SSSR count). The van der Waals surface area contributed by atoms with Crippen LogP contribution in [0.2, 0.25) is 0 Å². The first-order valence-electron chi connectivity index (χ1n) is 10.6. The number of benzene rings is 2. The van der Waals surface area contributed by atoms with E-state index in [4.69, 9.17) is 10.5 Å². The van der Waals surface area contributed by atoms with Crippen molar-refractivity contribution in [1.29, 1.82) is 0 Å². The number of pyridine rings is 1. The highest BCUT2D eigenvalue weighted by Gasteiger charge is 2.21. The summed E-state index contributed by atoms with van der Waals surface area (Å²) in [4.78, 5) is 27.0. The average Bonchev–Trinajstić information content (AvgIpc) is 2.76. The molecule has 0 fully saturated rings. The van der Waals surface area contributed by atoms with Gasteiger partial charge in [0.2, 0.25) is 5.91 Å². The quantitative estimate of drug-likeness (QED) is 0.367. The molecule has 0 unspecified atom stereocenters. The van der Waals surface area contributed by atoms with Crippen LogP contribution in [0.1, 0.15) is 41.8 Å². The minimum atomic E-state index is -0.956. The van der Waals surface area contributed by atoms with E-state index in [1.54, 1.807) is 20.8 Å². The molecule has 10 heteroatoms. The fourth-order valence-electron chi connectivity index (χ4n) is 3.25. The van der Waals surface area contributed by atoms with Gasteiger partial charge in [0.1, 0.15) is 28.5 Å². The van der Waals surface area contributed by atoms with Crippen LogP contribution in [0.25, 0.3) is 0 Å². The number of aromatic nitrogens is 1. The third kappa shape index (κ3) is 7.37. The normalized spacial score (nSPS) is 11.1. The molecule has 3 aromatic rings. The van der Waals surface area contributed by atoms with Crippen molar-refractivity contribution in [2.45, 2.75) is 45.9 Å². The lowest BCUT2D eigenvalue weighted by molar-refractivity contribution is -0.125. The predicted octanol–water partition coefficient (Wildman–Crippen LogP) is 4.67. The van der Waals surface area contributed by atoms with Crippen LogP contribution in [0, 0.1) is 18.6 Å². The standard InChI is InChI=1S/C25H26BrF2N3O3.ClH/c1-14-19(10-15-4-6-16(7-5-15)12-30-24(33)25(2,3)29)22(21(26)23(32)31-14)34-13-17-8-9-18(27)11-20(17)28;/h4-9,11H,10,12-13,29H2,1-3H3,(H,30,33)(H,31,32);1H. The van der Waals surface area contributed by atoms with E-state index >= 15 is 0 Å². The first kappa shape index (κ1) is 28.5. The summed E-state index contributed by atoms with van der Waals surface area (Å²) >= 11 is 3.27. The zero-order valence-electron chi connectivity index (χ0n) is 19.5. The number of carbonyl (C=O) groups excluding carboxylic acids is 1. The van der Waals surface area contributed by atoms with Gasteiger partial charge < -0.3 is 20.8 Å². The van der Waals surface area contributed by atoms with Crippen LogP contribution in [-0.2, 0) is 24.4 Å². The summed E-state index contributed by atoms with van der Waals surface area (Å²) in [6.45, 7) is 5.21. The van der Waals surface area contributed by atoms with Gasteiger partial charge in [-0.3, -0.25) is 9.59 Å². The molecule has 0 atom stereocenters. The van der Waals surface area contributed by atoms with Gasteiger partial charge in [-0.05, 0) is 60.0 Å². The number of ether oxygens (including phenoxy) is 1. The highest BCUT2D eigenvalue weighted by atomic mass is 79.9. The van der Waals surface area contributed by atoms with E-state index < -0.39 is 17.2 Å². The summed E-state index contributed by atoms with van der Waals surface area (Å²) in [5.41, 5.74) is 7.82. The molecule has 0 radical (unpaired) electrons. The maximum atomic E-state index is 14.0. The number of nitrogens with one attached hydrogen (secondary N) is 2. The van der Waals surface area contributed by atoms with E-state index in [-0.39, 0.29) is 40.5 Å². The monoisotopic (exact) mass is 569 g/mol. The SMILES string of the molecule is Cc1[nH]c(=O)c(Br)c(OCc2ccc(F)cc2F)c1Cc1ccc(CNC(=O)C(C)(C)N)cc1.Cl. The highest BCUT2D eigenvalue weighted by Crippen LogP contribution is 2.31. The van der Waals surface area contributed by atoms with Crippen molar-refractivity contribution in [2.24, 2.45) is 5.73 Å². The maximum Gasteiger partial charge on any atom is 0.266 e. The summed E-state index contributed by atoms with van der Waals surface area (Å²) in [5.74, 6) is -1.35. The van der Waals surface area contributed by atoms with Gasteiger partial charge in [0.15, 0.2) is 0 Å². The van der Waals surface area contributed by atoms with E-state index in [9.17, 15) is 18.4 Å². The predicted molar refractivity (Wildman–Crippen MR) is 137 cm³/mol. The van der Waals surface area contributed by atoms with Crippen LogP contribution >= 0.6 is 28.3 Å². The van der Waals surface area contributed by atoms with Crippen LogP contribution in [-0.4, -0.2) is 16.4 Å². The Hall–Kier alpha value is -2.75. The largest absolute Gasteiger partial charge is 0.487 e. The van der Waals surface area contributed by atoms with Crippen molar-refractivity contribution in [2.75, 3.05) is 0 Å².